The number of carbonyl (C=O) groups excluding carboxylic acids is 1. The number of anilines is 1. The number of unbranched alkanes of at least 4 members (excludes halogenated alkanes) is 1. The molecule has 0 fully saturated rings. The highest BCUT2D eigenvalue weighted by Gasteiger charge is 2.25. The molecule has 0 saturated carbocycles. The van der Waals surface area contributed by atoms with Gasteiger partial charge in [-0.05, 0) is 50.6 Å². The summed E-state index contributed by atoms with van der Waals surface area (Å²) in [6, 6.07) is 15.5. The van der Waals surface area contributed by atoms with Crippen LogP contribution in [0.15, 0.2) is 59.5 Å². The molecule has 2 aromatic rings. The van der Waals surface area contributed by atoms with Gasteiger partial charge in [0, 0.05) is 19.5 Å². The Morgan fingerprint density at radius 1 is 1.04 bits per heavy atom. The van der Waals surface area contributed by atoms with Crippen LogP contribution >= 0.6 is 0 Å². The van der Waals surface area contributed by atoms with Gasteiger partial charge in [-0.25, -0.2) is 8.42 Å². The fraction of sp³-hybridized carbons (Fsp3) is 0.350. The number of benzene rings is 2. The van der Waals surface area contributed by atoms with Crippen LogP contribution in [-0.4, -0.2) is 34.0 Å². The van der Waals surface area contributed by atoms with E-state index in [2.05, 4.69) is 5.32 Å². The van der Waals surface area contributed by atoms with Gasteiger partial charge >= 0.3 is 0 Å². The third-order valence-corrected chi connectivity index (χ3v) is 5.99. The molecule has 6 nitrogen and oxygen atoms in total. The van der Waals surface area contributed by atoms with Crippen molar-refractivity contribution in [1.82, 2.24) is 5.32 Å². The summed E-state index contributed by atoms with van der Waals surface area (Å²) in [5.74, 6) is -0.174. The molecule has 1 amide bonds. The van der Waals surface area contributed by atoms with Crippen LogP contribution in [0.25, 0.3) is 0 Å². The molecular formula is C20H27N3O3S. The average molecular weight is 390 g/mol. The van der Waals surface area contributed by atoms with Crippen LogP contribution in [0.2, 0.25) is 0 Å². The molecule has 0 bridgehead atoms. The molecule has 146 valence electrons. The zero-order chi connectivity index (χ0) is 19.7. The van der Waals surface area contributed by atoms with E-state index in [0.717, 1.165) is 18.4 Å². The zero-order valence-electron chi connectivity index (χ0n) is 15.6. The quantitative estimate of drug-likeness (QED) is 0.611. The Morgan fingerprint density at radius 2 is 1.70 bits per heavy atom. The second-order valence-electron chi connectivity index (χ2n) is 6.32. The minimum Gasteiger partial charge on any atom is -0.356 e. The number of nitrogens with one attached hydrogen (secondary N) is 1. The number of rotatable bonds is 10. The molecule has 0 aliphatic carbocycles. The van der Waals surface area contributed by atoms with Crippen LogP contribution in [0, 0.1) is 6.92 Å². The monoisotopic (exact) mass is 389 g/mol. The fourth-order valence-corrected chi connectivity index (χ4v) is 4.09. The molecule has 0 aromatic heterocycles. The first-order chi connectivity index (χ1) is 12.9. The second-order valence-corrected chi connectivity index (χ2v) is 8.18. The summed E-state index contributed by atoms with van der Waals surface area (Å²) in [5, 5.41) is 2.81. The summed E-state index contributed by atoms with van der Waals surface area (Å²) in [6.07, 6.45) is 1.74. The van der Waals surface area contributed by atoms with Gasteiger partial charge in [-0.1, -0.05) is 35.9 Å². The molecule has 0 saturated heterocycles. The number of amides is 1. The summed E-state index contributed by atoms with van der Waals surface area (Å²) in [6.45, 7) is 3.15. The van der Waals surface area contributed by atoms with Gasteiger partial charge in [0.15, 0.2) is 0 Å². The highest BCUT2D eigenvalue weighted by atomic mass is 32.2. The highest BCUT2D eigenvalue weighted by Crippen LogP contribution is 2.24. The predicted molar refractivity (Wildman–Crippen MR) is 108 cm³/mol. The summed E-state index contributed by atoms with van der Waals surface area (Å²) < 4.78 is 27.5. The van der Waals surface area contributed by atoms with Gasteiger partial charge in [0.05, 0.1) is 10.6 Å². The van der Waals surface area contributed by atoms with Gasteiger partial charge in [0.1, 0.15) is 0 Å². The van der Waals surface area contributed by atoms with E-state index in [1.165, 1.54) is 4.31 Å². The Morgan fingerprint density at radius 3 is 2.33 bits per heavy atom. The van der Waals surface area contributed by atoms with Crippen molar-refractivity contribution in [2.75, 3.05) is 23.9 Å². The average Bonchev–Trinajstić information content (AvgIpc) is 2.67. The lowest BCUT2D eigenvalue weighted by Gasteiger charge is -2.24. The molecule has 0 heterocycles. The molecule has 0 atom stereocenters. The zero-order valence-corrected chi connectivity index (χ0v) is 16.4. The molecule has 0 spiro atoms. The number of carbonyl (C=O) groups is 1. The number of hydrogen-bond acceptors (Lipinski definition) is 4. The smallest absolute Gasteiger partial charge is 0.264 e. The first-order valence-electron chi connectivity index (χ1n) is 9.06. The van der Waals surface area contributed by atoms with E-state index >= 15 is 0 Å². The van der Waals surface area contributed by atoms with Crippen molar-refractivity contribution in [3.05, 3.63) is 60.2 Å². The maximum atomic E-state index is 13.1. The van der Waals surface area contributed by atoms with Crippen LogP contribution in [-0.2, 0) is 14.8 Å². The second kappa shape index (κ2) is 10.1. The van der Waals surface area contributed by atoms with Crippen LogP contribution < -0.4 is 15.4 Å². The fourth-order valence-electron chi connectivity index (χ4n) is 2.61. The lowest BCUT2D eigenvalue weighted by Crippen LogP contribution is -2.35. The van der Waals surface area contributed by atoms with Crippen molar-refractivity contribution in [2.45, 2.75) is 31.1 Å². The largest absolute Gasteiger partial charge is 0.356 e. The SMILES string of the molecule is Cc1ccc(N(CCC(=O)NCCCCN)S(=O)(=O)c2ccccc2)cc1. The molecule has 3 N–H and O–H groups in total. The van der Waals surface area contributed by atoms with Crippen LogP contribution in [0.4, 0.5) is 5.69 Å². The van der Waals surface area contributed by atoms with Gasteiger partial charge in [0.25, 0.3) is 10.0 Å². The molecule has 2 rings (SSSR count). The molecule has 7 heteroatoms. The molecule has 0 aliphatic heterocycles. The summed E-state index contributed by atoms with van der Waals surface area (Å²) in [4.78, 5) is 12.3. The molecule has 0 radical (unpaired) electrons. The van der Waals surface area contributed by atoms with E-state index in [1.54, 1.807) is 42.5 Å². The van der Waals surface area contributed by atoms with Crippen LogP contribution in [0.1, 0.15) is 24.8 Å². The number of nitrogens with zero attached hydrogens (tertiary/aromatic N) is 1. The van der Waals surface area contributed by atoms with E-state index in [0.29, 0.717) is 18.8 Å². The summed E-state index contributed by atoms with van der Waals surface area (Å²) in [5.41, 5.74) is 7.01. The van der Waals surface area contributed by atoms with E-state index in [4.69, 9.17) is 5.73 Å². The lowest BCUT2D eigenvalue weighted by atomic mass is 10.2. The normalized spacial score (nSPS) is 11.2. The van der Waals surface area contributed by atoms with Crippen molar-refractivity contribution in [3.63, 3.8) is 0 Å². The molecular weight excluding hydrogens is 362 g/mol. The predicted octanol–water partition coefficient (Wildman–Crippen LogP) is 2.44. The molecule has 2 aromatic carbocycles. The van der Waals surface area contributed by atoms with Crippen molar-refractivity contribution < 1.29 is 13.2 Å². The van der Waals surface area contributed by atoms with E-state index in [9.17, 15) is 13.2 Å². The minimum atomic E-state index is -3.75. The molecule has 27 heavy (non-hydrogen) atoms. The van der Waals surface area contributed by atoms with Gasteiger partial charge < -0.3 is 11.1 Å². The Kier molecular flexibility index (Phi) is 7.82. The van der Waals surface area contributed by atoms with E-state index < -0.39 is 10.0 Å². The summed E-state index contributed by atoms with van der Waals surface area (Å²) >= 11 is 0. The number of nitrogens with two attached hydrogens (primary N) is 1. The minimum absolute atomic E-state index is 0.0724. The van der Waals surface area contributed by atoms with Crippen molar-refractivity contribution in [2.24, 2.45) is 5.73 Å². The number of sulfonamides is 1. The maximum absolute atomic E-state index is 13.1. The molecule has 0 aliphatic rings. The van der Waals surface area contributed by atoms with Gasteiger partial charge in [-0.2, -0.15) is 0 Å². The third kappa shape index (κ3) is 6.08. The summed E-state index contributed by atoms with van der Waals surface area (Å²) in [7, 11) is -3.75. The Hall–Kier alpha value is -2.38. The standard InChI is InChI=1S/C20H27N3O3S/c1-17-9-11-18(12-10-17)23(16-13-20(24)22-15-6-5-14-21)27(25,26)19-7-3-2-4-8-19/h2-4,7-12H,5-6,13-16,21H2,1H3,(H,22,24). The number of aryl methyl sites for hydroxylation is 1. The maximum Gasteiger partial charge on any atom is 0.264 e. The van der Waals surface area contributed by atoms with Crippen molar-refractivity contribution in [3.8, 4) is 0 Å². The third-order valence-electron chi connectivity index (χ3n) is 4.15. The van der Waals surface area contributed by atoms with Gasteiger partial charge in [0.2, 0.25) is 5.91 Å². The topological polar surface area (TPSA) is 92.5 Å². The van der Waals surface area contributed by atoms with E-state index in [1.807, 2.05) is 19.1 Å². The Labute approximate surface area is 161 Å². The van der Waals surface area contributed by atoms with Crippen molar-refractivity contribution in [1.29, 1.82) is 0 Å². The van der Waals surface area contributed by atoms with Gasteiger partial charge in [-0.15, -0.1) is 0 Å². The first kappa shape index (κ1) is 20.9. The Bertz CT molecular complexity index is 821. The van der Waals surface area contributed by atoms with Crippen molar-refractivity contribution >= 4 is 21.6 Å². The number of hydrogen-bond donors (Lipinski definition) is 2. The van der Waals surface area contributed by atoms with Gasteiger partial charge in [-0.3, -0.25) is 9.10 Å². The highest BCUT2D eigenvalue weighted by molar-refractivity contribution is 7.92. The first-order valence-corrected chi connectivity index (χ1v) is 10.5. The molecule has 0 unspecified atom stereocenters. The Balaban J connectivity index is 2.16. The van der Waals surface area contributed by atoms with Crippen LogP contribution in [0.3, 0.4) is 0 Å². The van der Waals surface area contributed by atoms with E-state index in [-0.39, 0.29) is 23.8 Å². The lowest BCUT2D eigenvalue weighted by molar-refractivity contribution is -0.120. The van der Waals surface area contributed by atoms with Crippen LogP contribution in [0.5, 0.6) is 0 Å².